The Morgan fingerprint density at radius 1 is 1.17 bits per heavy atom. The van der Waals surface area contributed by atoms with Gasteiger partial charge in [0.1, 0.15) is 5.82 Å². The van der Waals surface area contributed by atoms with E-state index in [9.17, 15) is 9.50 Å². The number of hydrogen-bond acceptors (Lipinski definition) is 5. The summed E-state index contributed by atoms with van der Waals surface area (Å²) in [5.41, 5.74) is -0.0755. The molecule has 2 aliphatic rings. The maximum atomic E-state index is 13.0. The molecule has 2 aromatic rings. The standard InChI is InChI=1S/C16H20FN5O/c17-13-3-1-12(2-4-13)16(23)7-9-21(10-8-16)11-15-18-19-20-22(15)14-5-6-14/h1-4,14,23H,5-11H2. The zero-order chi connectivity index (χ0) is 15.9. The van der Waals surface area contributed by atoms with Crippen LogP contribution >= 0.6 is 0 Å². The number of aliphatic hydroxyl groups is 1. The number of nitrogens with zero attached hydrogens (tertiary/aromatic N) is 5. The van der Waals surface area contributed by atoms with E-state index in [0.29, 0.717) is 25.4 Å². The molecule has 6 nitrogen and oxygen atoms in total. The van der Waals surface area contributed by atoms with E-state index in [2.05, 4.69) is 20.4 Å². The Kier molecular flexibility index (Phi) is 3.61. The average Bonchev–Trinajstić information content (AvgIpc) is 3.30. The SMILES string of the molecule is OC1(c2ccc(F)cc2)CCN(Cc2nnnn2C2CC2)CC1. The van der Waals surface area contributed by atoms with Crippen LogP contribution in [0.1, 0.15) is 43.1 Å². The molecule has 122 valence electrons. The van der Waals surface area contributed by atoms with Gasteiger partial charge < -0.3 is 5.11 Å². The second kappa shape index (κ2) is 5.65. The summed E-state index contributed by atoms with van der Waals surface area (Å²) >= 11 is 0. The highest BCUT2D eigenvalue weighted by molar-refractivity contribution is 5.23. The van der Waals surface area contributed by atoms with E-state index >= 15 is 0 Å². The minimum absolute atomic E-state index is 0.276. The molecular formula is C16H20FN5O. The van der Waals surface area contributed by atoms with E-state index in [0.717, 1.165) is 37.3 Å². The van der Waals surface area contributed by atoms with Gasteiger partial charge in [-0.1, -0.05) is 12.1 Å². The van der Waals surface area contributed by atoms with Gasteiger partial charge in [0, 0.05) is 13.1 Å². The number of hydrogen-bond donors (Lipinski definition) is 1. The highest BCUT2D eigenvalue weighted by atomic mass is 19.1. The first-order valence-electron chi connectivity index (χ1n) is 8.12. The summed E-state index contributed by atoms with van der Waals surface area (Å²) < 4.78 is 15.0. The lowest BCUT2D eigenvalue weighted by Crippen LogP contribution is -2.42. The van der Waals surface area contributed by atoms with E-state index in [1.807, 2.05) is 4.68 Å². The molecular weight excluding hydrogens is 297 g/mol. The minimum Gasteiger partial charge on any atom is -0.385 e. The largest absolute Gasteiger partial charge is 0.385 e. The lowest BCUT2D eigenvalue weighted by Gasteiger charge is -2.38. The Labute approximate surface area is 133 Å². The summed E-state index contributed by atoms with van der Waals surface area (Å²) in [6, 6.07) is 6.64. The fourth-order valence-electron chi connectivity index (χ4n) is 3.25. The highest BCUT2D eigenvalue weighted by Gasteiger charge is 2.35. The number of likely N-dealkylation sites (tertiary alicyclic amines) is 1. The third kappa shape index (κ3) is 2.98. The minimum atomic E-state index is -0.868. The molecule has 0 amide bonds. The van der Waals surface area contributed by atoms with Crippen LogP contribution in [0.4, 0.5) is 4.39 Å². The van der Waals surface area contributed by atoms with Gasteiger partial charge in [-0.15, -0.1) is 5.10 Å². The molecule has 1 aromatic carbocycles. The van der Waals surface area contributed by atoms with E-state index in [1.165, 1.54) is 12.1 Å². The molecule has 0 bridgehead atoms. The van der Waals surface area contributed by atoms with Crippen molar-refractivity contribution in [2.24, 2.45) is 0 Å². The molecule has 1 saturated heterocycles. The van der Waals surface area contributed by atoms with Gasteiger partial charge in [-0.25, -0.2) is 9.07 Å². The lowest BCUT2D eigenvalue weighted by molar-refractivity contribution is -0.0285. The molecule has 1 N–H and O–H groups in total. The van der Waals surface area contributed by atoms with E-state index in [1.54, 1.807) is 12.1 Å². The van der Waals surface area contributed by atoms with Crippen LogP contribution in [0.25, 0.3) is 0 Å². The van der Waals surface area contributed by atoms with Crippen LogP contribution in [0.2, 0.25) is 0 Å². The smallest absolute Gasteiger partial charge is 0.165 e. The summed E-state index contributed by atoms with van der Waals surface area (Å²) in [5, 5.41) is 22.8. The van der Waals surface area contributed by atoms with Crippen LogP contribution in [-0.2, 0) is 12.1 Å². The molecule has 7 heteroatoms. The monoisotopic (exact) mass is 317 g/mol. The van der Waals surface area contributed by atoms with E-state index in [-0.39, 0.29) is 5.82 Å². The van der Waals surface area contributed by atoms with Crippen molar-refractivity contribution >= 4 is 0 Å². The Balaban J connectivity index is 1.40. The van der Waals surface area contributed by atoms with Crippen molar-refractivity contribution in [3.63, 3.8) is 0 Å². The highest BCUT2D eigenvalue weighted by Crippen LogP contribution is 2.36. The van der Waals surface area contributed by atoms with Gasteiger partial charge in [0.05, 0.1) is 18.2 Å². The summed E-state index contributed by atoms with van der Waals surface area (Å²) in [5.74, 6) is 0.626. The third-order valence-electron chi connectivity index (χ3n) is 4.88. The molecule has 0 atom stereocenters. The van der Waals surface area contributed by atoms with Gasteiger partial charge in [-0.05, 0) is 53.8 Å². The first kappa shape index (κ1) is 14.7. The van der Waals surface area contributed by atoms with E-state index < -0.39 is 5.60 Å². The zero-order valence-corrected chi connectivity index (χ0v) is 12.9. The number of benzene rings is 1. The van der Waals surface area contributed by atoms with Gasteiger partial charge in [0.25, 0.3) is 0 Å². The summed E-state index contributed by atoms with van der Waals surface area (Å²) in [6.07, 6.45) is 3.57. The average molecular weight is 317 g/mol. The molecule has 2 heterocycles. The maximum absolute atomic E-state index is 13.0. The molecule has 2 fully saturated rings. The van der Waals surface area contributed by atoms with Crippen molar-refractivity contribution in [3.8, 4) is 0 Å². The Bertz CT molecular complexity index is 674. The molecule has 0 unspecified atom stereocenters. The molecule has 1 saturated carbocycles. The number of aromatic nitrogens is 4. The van der Waals surface area contributed by atoms with Crippen LogP contribution in [0, 0.1) is 5.82 Å². The fourth-order valence-corrected chi connectivity index (χ4v) is 3.25. The van der Waals surface area contributed by atoms with Crippen molar-refractivity contribution in [1.82, 2.24) is 25.1 Å². The summed E-state index contributed by atoms with van der Waals surface area (Å²) in [6.45, 7) is 2.25. The predicted molar refractivity (Wildman–Crippen MR) is 80.9 cm³/mol. The maximum Gasteiger partial charge on any atom is 0.165 e. The molecule has 4 rings (SSSR count). The number of halogens is 1. The van der Waals surface area contributed by atoms with Crippen molar-refractivity contribution in [3.05, 3.63) is 41.5 Å². The molecule has 0 radical (unpaired) electrons. The third-order valence-corrected chi connectivity index (χ3v) is 4.88. The molecule has 0 spiro atoms. The first-order valence-corrected chi connectivity index (χ1v) is 8.12. The summed E-state index contributed by atoms with van der Waals surface area (Å²) in [4.78, 5) is 2.27. The summed E-state index contributed by atoms with van der Waals surface area (Å²) in [7, 11) is 0. The van der Waals surface area contributed by atoms with Crippen molar-refractivity contribution in [2.45, 2.75) is 43.9 Å². The van der Waals surface area contributed by atoms with Crippen LogP contribution in [0.3, 0.4) is 0 Å². The number of rotatable bonds is 4. The number of tetrazole rings is 1. The fraction of sp³-hybridized carbons (Fsp3) is 0.562. The van der Waals surface area contributed by atoms with Gasteiger partial charge >= 0.3 is 0 Å². The quantitative estimate of drug-likeness (QED) is 0.928. The Hall–Kier alpha value is -1.86. The Morgan fingerprint density at radius 2 is 1.87 bits per heavy atom. The molecule has 1 aromatic heterocycles. The van der Waals surface area contributed by atoms with Crippen LogP contribution in [-0.4, -0.2) is 43.3 Å². The zero-order valence-electron chi connectivity index (χ0n) is 12.9. The molecule has 23 heavy (non-hydrogen) atoms. The van der Waals surface area contributed by atoms with Crippen molar-refractivity contribution in [2.75, 3.05) is 13.1 Å². The van der Waals surface area contributed by atoms with Crippen LogP contribution in [0.15, 0.2) is 24.3 Å². The first-order chi connectivity index (χ1) is 11.1. The van der Waals surface area contributed by atoms with Gasteiger partial charge in [-0.2, -0.15) is 0 Å². The second-order valence-electron chi connectivity index (χ2n) is 6.59. The predicted octanol–water partition coefficient (Wildman–Crippen LogP) is 1.63. The number of piperidine rings is 1. The van der Waals surface area contributed by atoms with Crippen LogP contribution < -0.4 is 0 Å². The topological polar surface area (TPSA) is 67.1 Å². The van der Waals surface area contributed by atoms with Gasteiger partial charge in [0.2, 0.25) is 0 Å². The van der Waals surface area contributed by atoms with E-state index in [4.69, 9.17) is 0 Å². The lowest BCUT2D eigenvalue weighted by atomic mass is 9.84. The molecule has 1 aliphatic carbocycles. The van der Waals surface area contributed by atoms with Crippen molar-refractivity contribution < 1.29 is 9.50 Å². The van der Waals surface area contributed by atoms with Gasteiger partial charge in [-0.3, -0.25) is 4.90 Å². The van der Waals surface area contributed by atoms with Gasteiger partial charge in [0.15, 0.2) is 5.82 Å². The normalized spacial score (nSPS) is 21.5. The van der Waals surface area contributed by atoms with Crippen LogP contribution in [0.5, 0.6) is 0 Å². The Morgan fingerprint density at radius 3 is 2.52 bits per heavy atom. The second-order valence-corrected chi connectivity index (χ2v) is 6.59. The van der Waals surface area contributed by atoms with Crippen molar-refractivity contribution in [1.29, 1.82) is 0 Å². The molecule has 1 aliphatic heterocycles.